The number of hydrogen-bond donors (Lipinski definition) is 2. The van der Waals surface area contributed by atoms with Crippen LogP contribution in [0.1, 0.15) is 20.3 Å². The van der Waals surface area contributed by atoms with Crippen LogP contribution >= 0.6 is 0 Å². The maximum atomic E-state index is 8.81. The molecule has 0 radical (unpaired) electrons. The topological polar surface area (TPSA) is 50.7 Å². The molecule has 0 aromatic carbocycles. The van der Waals surface area contributed by atoms with Crippen LogP contribution in [0.2, 0.25) is 0 Å². The van der Waals surface area contributed by atoms with E-state index in [4.69, 9.17) is 14.6 Å². The molecule has 0 aromatic heterocycles. The Morgan fingerprint density at radius 1 is 1.27 bits per heavy atom. The smallest absolute Gasteiger partial charge is 0.0616 e. The van der Waals surface area contributed by atoms with E-state index in [0.29, 0.717) is 19.1 Å². The van der Waals surface area contributed by atoms with Gasteiger partial charge in [0.15, 0.2) is 0 Å². The van der Waals surface area contributed by atoms with E-state index in [9.17, 15) is 0 Å². The van der Waals surface area contributed by atoms with Crippen molar-refractivity contribution in [3.8, 4) is 0 Å². The summed E-state index contributed by atoms with van der Waals surface area (Å²) < 4.78 is 10.5. The van der Waals surface area contributed by atoms with E-state index >= 15 is 0 Å². The number of methoxy groups -OCH3 is 1. The average molecular weight is 219 g/mol. The second-order valence-corrected chi connectivity index (χ2v) is 4.09. The highest BCUT2D eigenvalue weighted by Gasteiger charge is 2.05. The van der Waals surface area contributed by atoms with Gasteiger partial charge in [-0.3, -0.25) is 0 Å². The van der Waals surface area contributed by atoms with Crippen LogP contribution in [0.4, 0.5) is 0 Å². The molecule has 0 aromatic rings. The second kappa shape index (κ2) is 10.4. The average Bonchev–Trinajstić information content (AvgIpc) is 2.17. The number of nitrogens with one attached hydrogen (secondary N) is 1. The Kier molecular flexibility index (Phi) is 10.3. The van der Waals surface area contributed by atoms with E-state index < -0.39 is 0 Å². The summed E-state index contributed by atoms with van der Waals surface area (Å²) in [4.78, 5) is 0. The molecule has 0 amide bonds. The first-order valence-electron chi connectivity index (χ1n) is 5.61. The molecule has 0 aliphatic heterocycles. The number of hydrogen-bond acceptors (Lipinski definition) is 4. The predicted molar refractivity (Wildman–Crippen MR) is 61.0 cm³/mol. The number of aliphatic hydroxyl groups excluding tert-OH is 1. The van der Waals surface area contributed by atoms with Crippen molar-refractivity contribution >= 4 is 0 Å². The zero-order valence-corrected chi connectivity index (χ0v) is 10.2. The summed E-state index contributed by atoms with van der Waals surface area (Å²) in [7, 11) is 1.67. The van der Waals surface area contributed by atoms with Gasteiger partial charge in [-0.05, 0) is 12.3 Å². The zero-order chi connectivity index (χ0) is 11.5. The summed E-state index contributed by atoms with van der Waals surface area (Å²) in [6, 6.07) is 0.225. The first kappa shape index (κ1) is 14.8. The molecule has 92 valence electrons. The van der Waals surface area contributed by atoms with Crippen LogP contribution < -0.4 is 5.32 Å². The predicted octanol–water partition coefficient (Wildman–Crippen LogP) is 0.646. The van der Waals surface area contributed by atoms with Gasteiger partial charge in [-0.25, -0.2) is 0 Å². The van der Waals surface area contributed by atoms with Crippen molar-refractivity contribution in [2.75, 3.05) is 40.1 Å². The molecule has 0 saturated heterocycles. The Hall–Kier alpha value is -0.160. The van der Waals surface area contributed by atoms with E-state index in [-0.39, 0.29) is 12.6 Å². The van der Waals surface area contributed by atoms with E-state index in [1.807, 2.05) is 0 Å². The summed E-state index contributed by atoms with van der Waals surface area (Å²) >= 11 is 0. The first-order valence-corrected chi connectivity index (χ1v) is 5.61. The molecule has 0 heterocycles. The van der Waals surface area contributed by atoms with E-state index in [2.05, 4.69) is 19.2 Å². The van der Waals surface area contributed by atoms with Crippen molar-refractivity contribution in [1.29, 1.82) is 0 Å². The molecular formula is C11H25NO3. The Bertz CT molecular complexity index is 125. The Morgan fingerprint density at radius 2 is 2.00 bits per heavy atom. The fourth-order valence-corrected chi connectivity index (χ4v) is 1.26. The van der Waals surface area contributed by atoms with Gasteiger partial charge in [-0.1, -0.05) is 13.8 Å². The molecule has 0 bridgehead atoms. The van der Waals surface area contributed by atoms with Gasteiger partial charge in [0, 0.05) is 32.9 Å². The van der Waals surface area contributed by atoms with Crippen molar-refractivity contribution in [2.24, 2.45) is 5.92 Å². The van der Waals surface area contributed by atoms with Gasteiger partial charge in [0.2, 0.25) is 0 Å². The SMILES string of the molecule is COCC(CCO)NCCOCC(C)C. The maximum absolute atomic E-state index is 8.81. The third-order valence-corrected chi connectivity index (χ3v) is 1.98. The Balaban J connectivity index is 3.36. The van der Waals surface area contributed by atoms with Crippen LogP contribution in [0.3, 0.4) is 0 Å². The monoisotopic (exact) mass is 219 g/mol. The third-order valence-electron chi connectivity index (χ3n) is 1.98. The van der Waals surface area contributed by atoms with Crippen LogP contribution in [0.5, 0.6) is 0 Å². The molecule has 1 unspecified atom stereocenters. The molecule has 4 heteroatoms. The number of rotatable bonds is 10. The summed E-state index contributed by atoms with van der Waals surface area (Å²) in [6.45, 7) is 7.40. The lowest BCUT2D eigenvalue weighted by atomic mass is 10.2. The zero-order valence-electron chi connectivity index (χ0n) is 10.2. The molecule has 0 fully saturated rings. The van der Waals surface area contributed by atoms with Gasteiger partial charge in [-0.15, -0.1) is 0 Å². The molecule has 0 aliphatic carbocycles. The van der Waals surface area contributed by atoms with Crippen LogP contribution in [0.25, 0.3) is 0 Å². The molecule has 1 atom stereocenters. The summed E-state index contributed by atoms with van der Waals surface area (Å²) in [6.07, 6.45) is 0.720. The fourth-order valence-electron chi connectivity index (χ4n) is 1.26. The Labute approximate surface area is 93.0 Å². The summed E-state index contributed by atoms with van der Waals surface area (Å²) in [5.41, 5.74) is 0. The quantitative estimate of drug-likeness (QED) is 0.530. The number of aliphatic hydroxyl groups is 1. The maximum Gasteiger partial charge on any atom is 0.0616 e. The minimum Gasteiger partial charge on any atom is -0.396 e. The molecular weight excluding hydrogens is 194 g/mol. The van der Waals surface area contributed by atoms with Crippen molar-refractivity contribution in [3.05, 3.63) is 0 Å². The van der Waals surface area contributed by atoms with Crippen molar-refractivity contribution in [1.82, 2.24) is 5.32 Å². The van der Waals surface area contributed by atoms with Gasteiger partial charge >= 0.3 is 0 Å². The van der Waals surface area contributed by atoms with E-state index in [1.54, 1.807) is 7.11 Å². The first-order chi connectivity index (χ1) is 7.20. The highest BCUT2D eigenvalue weighted by atomic mass is 16.5. The Morgan fingerprint density at radius 3 is 2.53 bits per heavy atom. The van der Waals surface area contributed by atoms with Crippen LogP contribution in [-0.4, -0.2) is 51.2 Å². The molecule has 0 spiro atoms. The van der Waals surface area contributed by atoms with Crippen molar-refractivity contribution in [3.63, 3.8) is 0 Å². The van der Waals surface area contributed by atoms with Gasteiger partial charge in [0.05, 0.1) is 13.2 Å². The molecule has 2 N–H and O–H groups in total. The third kappa shape index (κ3) is 10.1. The summed E-state index contributed by atoms with van der Waals surface area (Å²) in [5.74, 6) is 0.581. The standard InChI is InChI=1S/C11H25NO3/c1-10(2)8-15-7-5-12-11(4-6-13)9-14-3/h10-13H,4-9H2,1-3H3. The van der Waals surface area contributed by atoms with Gasteiger partial charge in [0.25, 0.3) is 0 Å². The lowest BCUT2D eigenvalue weighted by Crippen LogP contribution is -2.36. The van der Waals surface area contributed by atoms with Crippen LogP contribution in [0.15, 0.2) is 0 Å². The molecule has 4 nitrogen and oxygen atoms in total. The molecule has 0 aliphatic rings. The lowest BCUT2D eigenvalue weighted by Gasteiger charge is -2.16. The normalized spacial score (nSPS) is 13.4. The minimum atomic E-state index is 0.188. The molecule has 0 rings (SSSR count). The van der Waals surface area contributed by atoms with Crippen LogP contribution in [-0.2, 0) is 9.47 Å². The van der Waals surface area contributed by atoms with Crippen molar-refractivity contribution < 1.29 is 14.6 Å². The minimum absolute atomic E-state index is 0.188. The molecule has 15 heavy (non-hydrogen) atoms. The van der Waals surface area contributed by atoms with Gasteiger partial charge < -0.3 is 19.9 Å². The van der Waals surface area contributed by atoms with Crippen LogP contribution in [0, 0.1) is 5.92 Å². The lowest BCUT2D eigenvalue weighted by molar-refractivity contribution is 0.101. The van der Waals surface area contributed by atoms with Crippen molar-refractivity contribution in [2.45, 2.75) is 26.3 Å². The number of ether oxygens (including phenoxy) is 2. The van der Waals surface area contributed by atoms with Gasteiger partial charge in [0.1, 0.15) is 0 Å². The largest absolute Gasteiger partial charge is 0.396 e. The highest BCUT2D eigenvalue weighted by Crippen LogP contribution is 1.93. The summed E-state index contributed by atoms with van der Waals surface area (Å²) in [5, 5.41) is 12.1. The second-order valence-electron chi connectivity index (χ2n) is 4.09. The van der Waals surface area contributed by atoms with E-state index in [0.717, 1.165) is 19.6 Å². The molecule has 0 saturated carbocycles. The van der Waals surface area contributed by atoms with Gasteiger partial charge in [-0.2, -0.15) is 0 Å². The fraction of sp³-hybridized carbons (Fsp3) is 1.00. The van der Waals surface area contributed by atoms with E-state index in [1.165, 1.54) is 0 Å². The highest BCUT2D eigenvalue weighted by molar-refractivity contribution is 4.64.